The SMILES string of the molecule is C1=Cc2ccccc2C2(COC3(CCCCC3)O2)O1. The Labute approximate surface area is 113 Å². The van der Waals surface area contributed by atoms with E-state index in [9.17, 15) is 0 Å². The van der Waals surface area contributed by atoms with Gasteiger partial charge >= 0.3 is 0 Å². The number of fused-ring (bicyclic) bond motifs is 2. The zero-order valence-corrected chi connectivity index (χ0v) is 10.9. The molecule has 4 rings (SSSR count). The molecule has 2 aliphatic heterocycles. The molecule has 2 fully saturated rings. The molecule has 0 bridgehead atoms. The van der Waals surface area contributed by atoms with Gasteiger partial charge in [-0.15, -0.1) is 0 Å². The van der Waals surface area contributed by atoms with E-state index in [4.69, 9.17) is 14.2 Å². The summed E-state index contributed by atoms with van der Waals surface area (Å²) < 4.78 is 18.3. The van der Waals surface area contributed by atoms with Crippen molar-refractivity contribution in [2.24, 2.45) is 0 Å². The zero-order valence-electron chi connectivity index (χ0n) is 10.9. The van der Waals surface area contributed by atoms with Crippen molar-refractivity contribution >= 4 is 6.08 Å². The minimum atomic E-state index is -0.733. The summed E-state index contributed by atoms with van der Waals surface area (Å²) in [4.78, 5) is 0. The van der Waals surface area contributed by atoms with Gasteiger partial charge in [0, 0.05) is 18.4 Å². The van der Waals surface area contributed by atoms with Crippen molar-refractivity contribution in [1.29, 1.82) is 0 Å². The third-order valence-electron chi connectivity index (χ3n) is 4.37. The molecule has 1 aliphatic carbocycles. The second kappa shape index (κ2) is 4.09. The normalized spacial score (nSPS) is 31.4. The van der Waals surface area contributed by atoms with Gasteiger partial charge in [0.1, 0.15) is 6.61 Å². The van der Waals surface area contributed by atoms with Gasteiger partial charge < -0.3 is 14.2 Å². The molecular weight excluding hydrogens is 240 g/mol. The molecule has 0 N–H and O–H groups in total. The Morgan fingerprint density at radius 1 is 1.00 bits per heavy atom. The first-order valence-electron chi connectivity index (χ1n) is 7.10. The molecule has 3 aliphatic rings. The molecule has 1 aromatic carbocycles. The Hall–Kier alpha value is -1.32. The van der Waals surface area contributed by atoms with Crippen LogP contribution in [0.2, 0.25) is 0 Å². The van der Waals surface area contributed by atoms with Crippen molar-refractivity contribution in [2.45, 2.75) is 43.7 Å². The fourth-order valence-electron chi connectivity index (χ4n) is 3.38. The van der Waals surface area contributed by atoms with Crippen LogP contribution in [-0.2, 0) is 20.0 Å². The van der Waals surface area contributed by atoms with Gasteiger partial charge in [0.15, 0.2) is 5.79 Å². The van der Waals surface area contributed by atoms with E-state index < -0.39 is 11.6 Å². The summed E-state index contributed by atoms with van der Waals surface area (Å²) in [5, 5.41) is 0. The maximum Gasteiger partial charge on any atom is 0.263 e. The highest BCUT2D eigenvalue weighted by Crippen LogP contribution is 2.48. The summed E-state index contributed by atoms with van der Waals surface area (Å²) in [6.45, 7) is 0.481. The molecule has 100 valence electrons. The number of hydrogen-bond donors (Lipinski definition) is 0. The molecule has 0 aromatic heterocycles. The molecule has 2 heterocycles. The molecule has 1 aromatic rings. The summed E-state index contributed by atoms with van der Waals surface area (Å²) in [5.41, 5.74) is 2.24. The molecule has 3 heteroatoms. The summed E-state index contributed by atoms with van der Waals surface area (Å²) in [5.74, 6) is -1.15. The topological polar surface area (TPSA) is 27.7 Å². The maximum absolute atomic E-state index is 6.35. The average Bonchev–Trinajstić information content (AvgIpc) is 2.80. The van der Waals surface area contributed by atoms with E-state index >= 15 is 0 Å². The lowest BCUT2D eigenvalue weighted by Gasteiger charge is -2.36. The van der Waals surface area contributed by atoms with E-state index in [0.717, 1.165) is 24.0 Å². The molecule has 1 unspecified atom stereocenters. The fraction of sp³-hybridized carbons (Fsp3) is 0.500. The van der Waals surface area contributed by atoms with Crippen molar-refractivity contribution in [3.8, 4) is 0 Å². The first-order valence-corrected chi connectivity index (χ1v) is 7.10. The Bertz CT molecular complexity index is 516. The summed E-state index contributed by atoms with van der Waals surface area (Å²) in [6, 6.07) is 8.22. The molecule has 1 atom stereocenters. The minimum Gasteiger partial charge on any atom is -0.463 e. The van der Waals surface area contributed by atoms with Crippen LogP contribution in [0.1, 0.15) is 43.2 Å². The van der Waals surface area contributed by atoms with Crippen LogP contribution in [0.3, 0.4) is 0 Å². The second-order valence-corrected chi connectivity index (χ2v) is 5.62. The lowest BCUT2D eigenvalue weighted by atomic mass is 9.94. The van der Waals surface area contributed by atoms with E-state index in [1.165, 1.54) is 19.3 Å². The van der Waals surface area contributed by atoms with Crippen LogP contribution in [0, 0.1) is 0 Å². The maximum atomic E-state index is 6.35. The van der Waals surface area contributed by atoms with Crippen molar-refractivity contribution in [3.63, 3.8) is 0 Å². The first-order chi connectivity index (χ1) is 9.32. The van der Waals surface area contributed by atoms with Crippen molar-refractivity contribution in [2.75, 3.05) is 6.61 Å². The van der Waals surface area contributed by atoms with Gasteiger partial charge in [-0.2, -0.15) is 0 Å². The lowest BCUT2D eigenvalue weighted by molar-refractivity contribution is -0.264. The van der Waals surface area contributed by atoms with E-state index in [1.807, 2.05) is 18.2 Å². The largest absolute Gasteiger partial charge is 0.463 e. The summed E-state index contributed by atoms with van der Waals surface area (Å²) >= 11 is 0. The van der Waals surface area contributed by atoms with E-state index in [1.54, 1.807) is 6.26 Å². The van der Waals surface area contributed by atoms with Crippen LogP contribution in [0.4, 0.5) is 0 Å². The highest BCUT2D eigenvalue weighted by molar-refractivity contribution is 5.56. The fourth-order valence-corrected chi connectivity index (χ4v) is 3.38. The van der Waals surface area contributed by atoms with Gasteiger partial charge in [-0.3, -0.25) is 0 Å². The molecule has 19 heavy (non-hydrogen) atoms. The molecule has 3 nitrogen and oxygen atoms in total. The van der Waals surface area contributed by atoms with Crippen LogP contribution in [0.15, 0.2) is 30.5 Å². The van der Waals surface area contributed by atoms with Gasteiger partial charge in [0.2, 0.25) is 0 Å². The third kappa shape index (κ3) is 1.72. The van der Waals surface area contributed by atoms with Gasteiger partial charge in [-0.25, -0.2) is 0 Å². The predicted octanol–water partition coefficient (Wildman–Crippen LogP) is 3.55. The Morgan fingerprint density at radius 2 is 1.84 bits per heavy atom. The Morgan fingerprint density at radius 3 is 2.74 bits per heavy atom. The van der Waals surface area contributed by atoms with Crippen LogP contribution >= 0.6 is 0 Å². The van der Waals surface area contributed by atoms with Gasteiger partial charge in [-0.05, 0) is 24.5 Å². The number of hydrogen-bond acceptors (Lipinski definition) is 3. The standard InChI is InChI=1S/C16H18O3/c1-4-9-15(10-5-1)18-12-16(19-15)14-7-3-2-6-13(14)8-11-17-16/h2-3,6-8,11H,1,4-5,9-10,12H2. The second-order valence-electron chi connectivity index (χ2n) is 5.62. The molecule has 2 spiro atoms. The van der Waals surface area contributed by atoms with Crippen molar-refractivity contribution < 1.29 is 14.2 Å². The number of benzene rings is 1. The third-order valence-corrected chi connectivity index (χ3v) is 4.37. The van der Waals surface area contributed by atoms with Crippen molar-refractivity contribution in [1.82, 2.24) is 0 Å². The van der Waals surface area contributed by atoms with E-state index in [-0.39, 0.29) is 0 Å². The number of ether oxygens (including phenoxy) is 3. The smallest absolute Gasteiger partial charge is 0.263 e. The molecular formula is C16H18O3. The lowest BCUT2D eigenvalue weighted by Crippen LogP contribution is -2.38. The molecule has 0 amide bonds. The van der Waals surface area contributed by atoms with Crippen LogP contribution < -0.4 is 0 Å². The summed E-state index contributed by atoms with van der Waals surface area (Å²) in [7, 11) is 0. The van der Waals surface area contributed by atoms with Crippen LogP contribution in [0.5, 0.6) is 0 Å². The summed E-state index contributed by atoms with van der Waals surface area (Å²) in [6.07, 6.45) is 9.29. The van der Waals surface area contributed by atoms with Gasteiger partial charge in [-0.1, -0.05) is 30.7 Å². The zero-order chi connectivity index (χ0) is 12.8. The van der Waals surface area contributed by atoms with Gasteiger partial charge in [0.05, 0.1) is 6.26 Å². The Balaban J connectivity index is 1.71. The van der Waals surface area contributed by atoms with E-state index in [0.29, 0.717) is 6.61 Å². The molecule has 0 radical (unpaired) electrons. The predicted molar refractivity (Wildman–Crippen MR) is 71.1 cm³/mol. The number of rotatable bonds is 0. The Kier molecular flexibility index (Phi) is 2.47. The van der Waals surface area contributed by atoms with Crippen LogP contribution in [-0.4, -0.2) is 12.4 Å². The average molecular weight is 258 g/mol. The molecule has 1 saturated carbocycles. The minimum absolute atomic E-state index is 0.420. The van der Waals surface area contributed by atoms with Gasteiger partial charge in [0.25, 0.3) is 5.79 Å². The monoisotopic (exact) mass is 258 g/mol. The van der Waals surface area contributed by atoms with E-state index in [2.05, 4.69) is 12.1 Å². The highest BCUT2D eigenvalue weighted by atomic mass is 16.8. The molecule has 1 saturated heterocycles. The van der Waals surface area contributed by atoms with Crippen molar-refractivity contribution in [3.05, 3.63) is 41.7 Å². The first kappa shape index (κ1) is 11.5. The quantitative estimate of drug-likeness (QED) is 0.712. The highest BCUT2D eigenvalue weighted by Gasteiger charge is 2.54. The van der Waals surface area contributed by atoms with Crippen LogP contribution in [0.25, 0.3) is 6.08 Å².